The number of hydrogen-bond donors (Lipinski definition) is 1. The van der Waals surface area contributed by atoms with E-state index in [0.717, 1.165) is 45.5 Å². The highest BCUT2D eigenvalue weighted by molar-refractivity contribution is 5.81. The maximum atomic E-state index is 5.27. The summed E-state index contributed by atoms with van der Waals surface area (Å²) >= 11 is 0. The van der Waals surface area contributed by atoms with Crippen LogP contribution in [-0.2, 0) is 0 Å². The Bertz CT molecular complexity index is 959. The van der Waals surface area contributed by atoms with Gasteiger partial charge in [0.2, 0.25) is 0 Å². The fourth-order valence-electron chi connectivity index (χ4n) is 2.92. The number of nitrogens with zero attached hydrogens (tertiary/aromatic N) is 2. The Hall–Kier alpha value is -3.60. The molecule has 0 fully saturated rings. The van der Waals surface area contributed by atoms with Gasteiger partial charge >= 0.3 is 0 Å². The van der Waals surface area contributed by atoms with Gasteiger partial charge in [-0.05, 0) is 60.7 Å². The van der Waals surface area contributed by atoms with Crippen LogP contribution in [-0.4, -0.2) is 29.2 Å². The molecule has 134 valence electrons. The minimum Gasteiger partial charge on any atom is -0.497 e. The third kappa shape index (κ3) is 3.40. The van der Waals surface area contributed by atoms with Crippen LogP contribution in [0.4, 0.5) is 0 Å². The lowest BCUT2D eigenvalue weighted by atomic mass is 10.0. The van der Waals surface area contributed by atoms with Crippen molar-refractivity contribution in [1.29, 1.82) is 0 Å². The molecule has 0 saturated heterocycles. The first-order valence-corrected chi connectivity index (χ1v) is 8.59. The second kappa shape index (κ2) is 7.33. The van der Waals surface area contributed by atoms with E-state index in [1.54, 1.807) is 20.4 Å². The second-order valence-corrected chi connectivity index (χ2v) is 5.98. The maximum absolute atomic E-state index is 5.27. The summed E-state index contributed by atoms with van der Waals surface area (Å²) in [4.78, 5) is 12.7. The maximum Gasteiger partial charge on any atom is 0.157 e. The highest BCUT2D eigenvalue weighted by Crippen LogP contribution is 2.34. The van der Waals surface area contributed by atoms with Crippen LogP contribution < -0.4 is 9.47 Å². The summed E-state index contributed by atoms with van der Waals surface area (Å²) in [7, 11) is 3.32. The molecule has 0 spiro atoms. The molecule has 2 aromatic carbocycles. The topological polar surface area (TPSA) is 60.0 Å². The molecule has 0 bridgehead atoms. The number of nitrogens with one attached hydrogen (secondary N) is 1. The number of hydrogen-bond acceptors (Lipinski definition) is 4. The average Bonchev–Trinajstić information content (AvgIpc) is 3.20. The standard InChI is InChI=1S/C22H19N3O2/c1-26-17-10-6-15(7-11-17)20-21(16-8-12-18(27-2)13-9-16)25-22(24-20)19-5-3-4-14-23-19/h3-14H,1-2H3,(H,24,25). The highest BCUT2D eigenvalue weighted by Gasteiger charge is 2.16. The molecule has 0 aliphatic rings. The molecule has 4 rings (SSSR count). The van der Waals surface area contributed by atoms with Gasteiger partial charge in [-0.15, -0.1) is 0 Å². The lowest BCUT2D eigenvalue weighted by Crippen LogP contribution is -1.87. The van der Waals surface area contributed by atoms with Crippen LogP contribution in [0.15, 0.2) is 72.9 Å². The Balaban J connectivity index is 1.85. The fourth-order valence-corrected chi connectivity index (χ4v) is 2.92. The smallest absolute Gasteiger partial charge is 0.157 e. The van der Waals surface area contributed by atoms with Crippen LogP contribution in [0.2, 0.25) is 0 Å². The molecule has 0 amide bonds. The number of benzene rings is 2. The lowest BCUT2D eigenvalue weighted by molar-refractivity contribution is 0.414. The van der Waals surface area contributed by atoms with Crippen molar-refractivity contribution in [1.82, 2.24) is 15.0 Å². The zero-order valence-corrected chi connectivity index (χ0v) is 15.1. The van der Waals surface area contributed by atoms with Crippen LogP contribution in [0, 0.1) is 0 Å². The van der Waals surface area contributed by atoms with E-state index in [4.69, 9.17) is 14.5 Å². The molecule has 2 heterocycles. The largest absolute Gasteiger partial charge is 0.497 e. The predicted octanol–water partition coefficient (Wildman–Crippen LogP) is 4.82. The summed E-state index contributed by atoms with van der Waals surface area (Å²) in [6.45, 7) is 0. The lowest BCUT2D eigenvalue weighted by Gasteiger charge is -2.06. The number of H-pyrrole nitrogens is 1. The van der Waals surface area contributed by atoms with Gasteiger partial charge in [-0.2, -0.15) is 0 Å². The molecule has 5 heteroatoms. The predicted molar refractivity (Wildman–Crippen MR) is 106 cm³/mol. The minimum absolute atomic E-state index is 0.729. The molecular weight excluding hydrogens is 338 g/mol. The molecule has 4 aromatic rings. The highest BCUT2D eigenvalue weighted by atomic mass is 16.5. The Morgan fingerprint density at radius 1 is 0.741 bits per heavy atom. The van der Waals surface area contributed by atoms with Crippen molar-refractivity contribution in [3.05, 3.63) is 72.9 Å². The van der Waals surface area contributed by atoms with E-state index in [0.29, 0.717) is 0 Å². The van der Waals surface area contributed by atoms with Crippen molar-refractivity contribution in [2.75, 3.05) is 14.2 Å². The van der Waals surface area contributed by atoms with E-state index in [-0.39, 0.29) is 0 Å². The molecule has 0 aliphatic carbocycles. The van der Waals surface area contributed by atoms with E-state index >= 15 is 0 Å². The van der Waals surface area contributed by atoms with Gasteiger partial charge in [0, 0.05) is 17.3 Å². The first-order chi connectivity index (χ1) is 13.3. The fraction of sp³-hybridized carbons (Fsp3) is 0.0909. The van der Waals surface area contributed by atoms with Gasteiger partial charge in [0.05, 0.1) is 25.6 Å². The van der Waals surface area contributed by atoms with Crippen LogP contribution in [0.3, 0.4) is 0 Å². The summed E-state index contributed by atoms with van der Waals surface area (Å²) in [5.41, 5.74) is 4.62. The summed E-state index contributed by atoms with van der Waals surface area (Å²) in [6.07, 6.45) is 1.76. The molecule has 1 N–H and O–H groups in total. The van der Waals surface area contributed by atoms with Crippen LogP contribution >= 0.6 is 0 Å². The summed E-state index contributed by atoms with van der Waals surface area (Å²) in [6, 6.07) is 21.6. The number of imidazole rings is 1. The number of aromatic nitrogens is 3. The molecule has 0 atom stereocenters. The summed E-state index contributed by atoms with van der Waals surface area (Å²) in [5.74, 6) is 2.35. The average molecular weight is 357 g/mol. The van der Waals surface area contributed by atoms with Gasteiger partial charge in [-0.25, -0.2) is 4.98 Å². The van der Waals surface area contributed by atoms with Crippen molar-refractivity contribution in [3.63, 3.8) is 0 Å². The zero-order valence-electron chi connectivity index (χ0n) is 15.1. The monoisotopic (exact) mass is 357 g/mol. The third-order valence-corrected chi connectivity index (χ3v) is 4.35. The van der Waals surface area contributed by atoms with Gasteiger partial charge in [-0.1, -0.05) is 6.07 Å². The zero-order chi connectivity index (χ0) is 18.6. The molecule has 0 aliphatic heterocycles. The van der Waals surface area contributed by atoms with Crippen molar-refractivity contribution < 1.29 is 9.47 Å². The molecule has 27 heavy (non-hydrogen) atoms. The Morgan fingerprint density at radius 3 is 1.93 bits per heavy atom. The molecule has 2 aromatic heterocycles. The van der Waals surface area contributed by atoms with Gasteiger partial charge in [-0.3, -0.25) is 4.98 Å². The van der Waals surface area contributed by atoms with Crippen molar-refractivity contribution in [2.24, 2.45) is 0 Å². The summed E-state index contributed by atoms with van der Waals surface area (Å²) in [5, 5.41) is 0. The van der Waals surface area contributed by atoms with Crippen LogP contribution in [0.25, 0.3) is 34.0 Å². The number of methoxy groups -OCH3 is 2. The number of aromatic amines is 1. The molecule has 0 unspecified atom stereocenters. The Kier molecular flexibility index (Phi) is 4.58. The van der Waals surface area contributed by atoms with E-state index in [1.807, 2.05) is 66.7 Å². The summed E-state index contributed by atoms with van der Waals surface area (Å²) < 4.78 is 10.5. The number of rotatable bonds is 5. The van der Waals surface area contributed by atoms with Gasteiger partial charge in [0.1, 0.15) is 17.2 Å². The molecular formula is C22H19N3O2. The number of ether oxygens (including phenoxy) is 2. The van der Waals surface area contributed by atoms with Crippen LogP contribution in [0.1, 0.15) is 0 Å². The van der Waals surface area contributed by atoms with Crippen molar-refractivity contribution >= 4 is 0 Å². The second-order valence-electron chi connectivity index (χ2n) is 5.98. The Morgan fingerprint density at radius 2 is 1.37 bits per heavy atom. The quantitative estimate of drug-likeness (QED) is 0.556. The molecule has 0 radical (unpaired) electrons. The minimum atomic E-state index is 0.729. The van der Waals surface area contributed by atoms with Gasteiger partial charge < -0.3 is 14.5 Å². The number of pyridine rings is 1. The van der Waals surface area contributed by atoms with Crippen LogP contribution in [0.5, 0.6) is 11.5 Å². The van der Waals surface area contributed by atoms with Gasteiger partial charge in [0.25, 0.3) is 0 Å². The third-order valence-electron chi connectivity index (χ3n) is 4.35. The normalized spacial score (nSPS) is 10.6. The van der Waals surface area contributed by atoms with E-state index in [9.17, 15) is 0 Å². The first kappa shape index (κ1) is 16.8. The molecule has 0 saturated carbocycles. The van der Waals surface area contributed by atoms with E-state index in [1.165, 1.54) is 0 Å². The Labute approximate surface area is 157 Å². The first-order valence-electron chi connectivity index (χ1n) is 8.59. The SMILES string of the molecule is COc1ccc(-c2nc(-c3ccccn3)[nH]c2-c2ccc(OC)cc2)cc1. The van der Waals surface area contributed by atoms with E-state index < -0.39 is 0 Å². The van der Waals surface area contributed by atoms with E-state index in [2.05, 4.69) is 9.97 Å². The van der Waals surface area contributed by atoms with Crippen molar-refractivity contribution in [2.45, 2.75) is 0 Å². The van der Waals surface area contributed by atoms with Gasteiger partial charge in [0.15, 0.2) is 5.82 Å². The van der Waals surface area contributed by atoms with Crippen molar-refractivity contribution in [3.8, 4) is 45.5 Å². The molecule has 5 nitrogen and oxygen atoms in total.